The minimum absolute atomic E-state index is 0.0201. The fraction of sp³-hybridized carbons (Fsp3) is 0.474. The fourth-order valence-corrected chi connectivity index (χ4v) is 2.57. The number of hydrogen-bond acceptors (Lipinski definition) is 5. The van der Waals surface area contributed by atoms with E-state index in [2.05, 4.69) is 31.4 Å². The van der Waals surface area contributed by atoms with E-state index in [1.165, 1.54) is 6.92 Å². The van der Waals surface area contributed by atoms with Crippen LogP contribution >= 0.6 is 0 Å². The number of esters is 1. The topological polar surface area (TPSA) is 105 Å². The van der Waals surface area contributed by atoms with Gasteiger partial charge in [-0.1, -0.05) is 32.9 Å². The zero-order valence-corrected chi connectivity index (χ0v) is 16.0. The van der Waals surface area contributed by atoms with Crippen molar-refractivity contribution in [2.24, 2.45) is 0 Å². The van der Waals surface area contributed by atoms with E-state index in [9.17, 15) is 19.2 Å². The van der Waals surface area contributed by atoms with Crippen LogP contribution in [-0.2, 0) is 19.7 Å². The first-order valence-electron chi connectivity index (χ1n) is 8.77. The molecule has 1 aromatic carbocycles. The number of hydrogen-bond donors (Lipinski definition) is 2. The molecule has 27 heavy (non-hydrogen) atoms. The largest absolute Gasteiger partial charge is 0.451 e. The van der Waals surface area contributed by atoms with Gasteiger partial charge in [0, 0.05) is 18.7 Å². The summed E-state index contributed by atoms with van der Waals surface area (Å²) in [6.45, 7) is 7.85. The molecule has 2 rings (SSSR count). The Labute approximate surface area is 158 Å². The molecule has 0 bridgehead atoms. The number of nitrogens with one attached hydrogen (secondary N) is 2. The zero-order chi connectivity index (χ0) is 20.2. The number of imide groups is 1. The van der Waals surface area contributed by atoms with Crippen molar-refractivity contribution in [1.82, 2.24) is 15.5 Å². The van der Waals surface area contributed by atoms with Crippen molar-refractivity contribution >= 4 is 23.8 Å². The van der Waals surface area contributed by atoms with Crippen molar-refractivity contribution in [2.45, 2.75) is 39.2 Å². The molecule has 1 saturated heterocycles. The maximum Gasteiger partial charge on any atom is 0.326 e. The second-order valence-corrected chi connectivity index (χ2v) is 7.36. The molecule has 1 aliphatic rings. The van der Waals surface area contributed by atoms with Gasteiger partial charge in [0.25, 0.3) is 11.8 Å². The predicted octanol–water partition coefficient (Wildman–Crippen LogP) is 1.20. The van der Waals surface area contributed by atoms with Crippen LogP contribution < -0.4 is 10.6 Å². The van der Waals surface area contributed by atoms with Crippen LogP contribution in [0.4, 0.5) is 4.79 Å². The summed E-state index contributed by atoms with van der Waals surface area (Å²) in [5.74, 6) is -1.76. The van der Waals surface area contributed by atoms with Crippen LogP contribution in [0.1, 0.15) is 43.6 Å². The highest BCUT2D eigenvalue weighted by molar-refractivity contribution is 5.99. The lowest BCUT2D eigenvalue weighted by atomic mass is 9.87. The second-order valence-electron chi connectivity index (χ2n) is 7.36. The normalized spacial score (nSPS) is 15.1. The van der Waals surface area contributed by atoms with Crippen LogP contribution in [0.5, 0.6) is 0 Å². The summed E-state index contributed by atoms with van der Waals surface area (Å²) >= 11 is 0. The molecule has 1 fully saturated rings. The Bertz CT molecular complexity index is 737. The van der Waals surface area contributed by atoms with Gasteiger partial charge in [-0.2, -0.15) is 0 Å². The van der Waals surface area contributed by atoms with E-state index < -0.39 is 29.9 Å². The van der Waals surface area contributed by atoms with Gasteiger partial charge in [-0.15, -0.1) is 0 Å². The molecule has 1 aromatic rings. The van der Waals surface area contributed by atoms with Crippen LogP contribution in [0, 0.1) is 0 Å². The third-order valence-corrected chi connectivity index (χ3v) is 4.19. The summed E-state index contributed by atoms with van der Waals surface area (Å²) < 4.78 is 5.00. The standard InChI is InChI=1S/C19H25N3O5/c1-12(17(25)22-10-9-20-18(22)26)27-15(23)11-21-16(24)13-5-7-14(8-6-13)19(2,3)4/h5-8,12H,9-11H2,1-4H3,(H,20,26)(H,21,24). The molecular formula is C19H25N3O5. The highest BCUT2D eigenvalue weighted by Crippen LogP contribution is 2.22. The number of amides is 4. The smallest absolute Gasteiger partial charge is 0.326 e. The van der Waals surface area contributed by atoms with Crippen LogP contribution in [0.3, 0.4) is 0 Å². The van der Waals surface area contributed by atoms with Crippen molar-refractivity contribution < 1.29 is 23.9 Å². The van der Waals surface area contributed by atoms with Gasteiger partial charge >= 0.3 is 12.0 Å². The molecule has 0 radical (unpaired) electrons. The van der Waals surface area contributed by atoms with Crippen LogP contribution in [-0.4, -0.2) is 54.5 Å². The number of carbonyl (C=O) groups is 4. The summed E-state index contributed by atoms with van der Waals surface area (Å²) in [5, 5.41) is 4.96. The van der Waals surface area contributed by atoms with Gasteiger partial charge in [-0.25, -0.2) is 4.79 Å². The first-order valence-corrected chi connectivity index (χ1v) is 8.77. The number of benzene rings is 1. The van der Waals surface area contributed by atoms with Gasteiger partial charge < -0.3 is 15.4 Å². The van der Waals surface area contributed by atoms with Crippen molar-refractivity contribution in [3.05, 3.63) is 35.4 Å². The molecule has 0 spiro atoms. The molecule has 8 heteroatoms. The minimum Gasteiger partial charge on any atom is -0.451 e. The quantitative estimate of drug-likeness (QED) is 0.753. The molecule has 1 heterocycles. The first-order chi connectivity index (χ1) is 12.6. The van der Waals surface area contributed by atoms with E-state index >= 15 is 0 Å². The van der Waals surface area contributed by atoms with E-state index in [-0.39, 0.29) is 18.5 Å². The van der Waals surface area contributed by atoms with E-state index in [0.717, 1.165) is 10.5 Å². The molecular weight excluding hydrogens is 350 g/mol. The Balaban J connectivity index is 1.83. The summed E-state index contributed by atoms with van der Waals surface area (Å²) in [6.07, 6.45) is -1.11. The van der Waals surface area contributed by atoms with Gasteiger partial charge in [-0.05, 0) is 30.0 Å². The molecule has 0 saturated carbocycles. The third-order valence-electron chi connectivity index (χ3n) is 4.19. The average molecular weight is 375 g/mol. The zero-order valence-electron chi connectivity index (χ0n) is 16.0. The van der Waals surface area contributed by atoms with Gasteiger partial charge in [0.1, 0.15) is 6.54 Å². The molecule has 1 atom stereocenters. The molecule has 4 amide bonds. The summed E-state index contributed by atoms with van der Waals surface area (Å²) in [4.78, 5) is 48.5. The summed E-state index contributed by atoms with van der Waals surface area (Å²) in [7, 11) is 0. The third kappa shape index (κ3) is 5.29. The Morgan fingerprint density at radius 2 is 1.85 bits per heavy atom. The van der Waals surface area contributed by atoms with Crippen LogP contribution in [0.2, 0.25) is 0 Å². The number of urea groups is 1. The number of carbonyl (C=O) groups excluding carboxylic acids is 4. The molecule has 8 nitrogen and oxygen atoms in total. The summed E-state index contributed by atoms with van der Waals surface area (Å²) in [5.41, 5.74) is 1.50. The maximum absolute atomic E-state index is 12.1. The predicted molar refractivity (Wildman–Crippen MR) is 98.1 cm³/mol. The Hall–Kier alpha value is -2.90. The monoisotopic (exact) mass is 375 g/mol. The van der Waals surface area contributed by atoms with Crippen LogP contribution in [0.15, 0.2) is 24.3 Å². The SMILES string of the molecule is CC(OC(=O)CNC(=O)c1ccc(C(C)(C)C)cc1)C(=O)N1CCNC1=O. The number of nitrogens with zero attached hydrogens (tertiary/aromatic N) is 1. The Morgan fingerprint density at radius 1 is 1.22 bits per heavy atom. The number of rotatable bonds is 5. The molecule has 146 valence electrons. The lowest BCUT2D eigenvalue weighted by Crippen LogP contribution is -2.43. The van der Waals surface area contributed by atoms with Gasteiger partial charge in [-0.3, -0.25) is 19.3 Å². The van der Waals surface area contributed by atoms with Crippen molar-refractivity contribution in [1.29, 1.82) is 0 Å². The first kappa shape index (κ1) is 20.4. The summed E-state index contributed by atoms with van der Waals surface area (Å²) in [6, 6.07) is 6.62. The van der Waals surface area contributed by atoms with Crippen molar-refractivity contribution in [2.75, 3.05) is 19.6 Å². The van der Waals surface area contributed by atoms with Gasteiger partial charge in [0.2, 0.25) is 0 Å². The molecule has 0 aromatic heterocycles. The van der Waals surface area contributed by atoms with E-state index in [1.807, 2.05) is 12.1 Å². The van der Waals surface area contributed by atoms with Crippen LogP contribution in [0.25, 0.3) is 0 Å². The van der Waals surface area contributed by atoms with Gasteiger partial charge in [0.15, 0.2) is 6.10 Å². The average Bonchev–Trinajstić information content (AvgIpc) is 3.04. The molecule has 2 N–H and O–H groups in total. The highest BCUT2D eigenvalue weighted by Gasteiger charge is 2.31. The van der Waals surface area contributed by atoms with E-state index in [4.69, 9.17) is 4.74 Å². The van der Waals surface area contributed by atoms with Crippen molar-refractivity contribution in [3.63, 3.8) is 0 Å². The fourth-order valence-electron chi connectivity index (χ4n) is 2.57. The Kier molecular flexibility index (Phi) is 6.20. The molecule has 1 unspecified atom stereocenters. The van der Waals surface area contributed by atoms with E-state index in [0.29, 0.717) is 12.1 Å². The van der Waals surface area contributed by atoms with Crippen molar-refractivity contribution in [3.8, 4) is 0 Å². The lowest BCUT2D eigenvalue weighted by molar-refractivity contribution is -0.156. The Morgan fingerprint density at radius 3 is 2.37 bits per heavy atom. The lowest BCUT2D eigenvalue weighted by Gasteiger charge is -2.19. The number of ether oxygens (including phenoxy) is 1. The highest BCUT2D eigenvalue weighted by atomic mass is 16.5. The minimum atomic E-state index is -1.11. The van der Waals surface area contributed by atoms with E-state index in [1.54, 1.807) is 12.1 Å². The second kappa shape index (κ2) is 8.20. The maximum atomic E-state index is 12.1. The molecule has 1 aliphatic heterocycles. The van der Waals surface area contributed by atoms with Gasteiger partial charge in [0.05, 0.1) is 0 Å². The molecule has 0 aliphatic carbocycles.